The molecule has 0 amide bonds. The zero-order valence-corrected chi connectivity index (χ0v) is 84.6. The van der Waals surface area contributed by atoms with E-state index in [4.69, 9.17) is 42.7 Å². The summed E-state index contributed by atoms with van der Waals surface area (Å²) in [4.78, 5) is 21.2. The summed E-state index contributed by atoms with van der Waals surface area (Å²) in [6.07, 6.45) is 11.4. The average molecular weight is 1770 g/mol. The summed E-state index contributed by atoms with van der Waals surface area (Å²) in [6.45, 7) is 73.0. The number of carbonyl (C=O) groups is 1. The molecule has 18 nitrogen and oxygen atoms in total. The highest BCUT2D eigenvalue weighted by Crippen LogP contribution is 2.34. The smallest absolute Gasteiger partial charge is 0.176 e. The number of ether oxygens (including phenoxy) is 3. The molecule has 4 heterocycles. The second-order valence-corrected chi connectivity index (χ2v) is 38.5. The van der Waals surface area contributed by atoms with Crippen molar-refractivity contribution in [1.29, 1.82) is 5.26 Å². The molecule has 6 aromatic carbocycles. The van der Waals surface area contributed by atoms with Gasteiger partial charge in [0.2, 0.25) is 0 Å². The number of hydrogen-bond donors (Lipinski definition) is 10. The van der Waals surface area contributed by atoms with Gasteiger partial charge in [-0.2, -0.15) is 5.26 Å². The molecular weight excluding hydrogens is 1590 g/mol. The predicted octanol–water partition coefficient (Wildman–Crippen LogP) is 21.5. The van der Waals surface area contributed by atoms with Gasteiger partial charge in [0.25, 0.3) is 0 Å². The minimum Gasteiger partial charge on any atom is -0.486 e. The summed E-state index contributed by atoms with van der Waals surface area (Å²) in [5.74, 6) is 2.57. The Morgan fingerprint density at radius 3 is 1.56 bits per heavy atom. The van der Waals surface area contributed by atoms with Crippen molar-refractivity contribution >= 4 is 46.1 Å². The van der Waals surface area contributed by atoms with Crippen LogP contribution in [0.4, 0.5) is 11.4 Å². The highest BCUT2D eigenvalue weighted by Gasteiger charge is 2.19. The summed E-state index contributed by atoms with van der Waals surface area (Å²) in [7, 11) is 0. The van der Waals surface area contributed by atoms with Gasteiger partial charge in [-0.25, -0.2) is 0 Å². The quantitative estimate of drug-likeness (QED) is 0.0131. The van der Waals surface area contributed by atoms with Crippen molar-refractivity contribution in [3.63, 3.8) is 0 Å². The average Bonchev–Trinajstić information content (AvgIpc) is 1.77. The van der Waals surface area contributed by atoms with E-state index in [1.54, 1.807) is 6.07 Å². The number of para-hydroxylation sites is 1. The van der Waals surface area contributed by atoms with Gasteiger partial charge in [-0.1, -0.05) is 249 Å². The molecule has 6 aromatic rings. The standard InChI is InChI=1S/C13H18N2.C12H17NO2.C12H19N.C11H15Cl2N.C11H26N2.C11H15NO.C10H15N.C9H20N2.C9H19NO.C7H14N2/c1-10(2)14-8-7-12-9-11-5-3-4-6-13(11)15-12;1-12(2,3)13-9-4-5-10-11(8-9)15-7-6-14-10;1-11(2)13-10-6-9-12-7-4-3-5-8-12;1-8(2)14-6-5-9-3-4-10(12)7-11(9)13;1-9(2)12-7-8-13(10(3)4)11(5)6;1-9(2)12-8-11(13)10-6-4-3-5-7-10;1-9(2)11-8-10-6-4-3-5-7-10;1-9(2)10-5-8-11-6-3-4-7-11;1-8(2)10-6-9-4-3-5-11-7-9;1-7(2,3)9-6-4-5-8/h3-6,10,14H,7-9H2,1-2H3;4-5,8,13H,6-7H2,1-3H3;3-5,7-8,11,13H,6,9-10H2,1-2H3;3-4,7-8,14H,5-6H2,1-2H3;9-12H,7-8H2,1-6H3;3-7,9,12H,8H2,1-2H3;3-7,9,11H,8H2,1-2H3;9-10H,3-8H2,1-2H3;8-10H,3-7H2,1-2H3;9H,4,6H2,1-3H3. The zero-order valence-electron chi connectivity index (χ0n) is 83.1. The number of rotatable bonds is 36. The number of halogens is 2. The molecule has 20 heteroatoms. The number of ketones is 1. The van der Waals surface area contributed by atoms with Crippen LogP contribution in [0.3, 0.4) is 0 Å². The molecule has 706 valence electrons. The van der Waals surface area contributed by atoms with E-state index in [1.807, 2.05) is 80.6 Å². The third kappa shape index (κ3) is 66.7. The molecule has 1 atom stereocenters. The Kier molecular flexibility index (Phi) is 65.8. The lowest BCUT2D eigenvalue weighted by Gasteiger charge is -2.30. The van der Waals surface area contributed by atoms with Crippen LogP contribution in [-0.2, 0) is 30.5 Å². The molecule has 0 aromatic heterocycles. The van der Waals surface area contributed by atoms with E-state index < -0.39 is 0 Å². The summed E-state index contributed by atoms with van der Waals surface area (Å²) >= 11 is 11.8. The molecule has 0 bridgehead atoms. The number of anilines is 1. The van der Waals surface area contributed by atoms with Crippen molar-refractivity contribution in [1.82, 2.24) is 57.7 Å². The van der Waals surface area contributed by atoms with Crippen molar-refractivity contribution < 1.29 is 19.0 Å². The largest absolute Gasteiger partial charge is 0.486 e. The van der Waals surface area contributed by atoms with Crippen molar-refractivity contribution in [2.24, 2.45) is 10.9 Å². The molecular formula is C105H178Cl2N14O4. The number of aryl methyl sites for hydroxylation is 1. The van der Waals surface area contributed by atoms with Gasteiger partial charge in [-0.3, -0.25) is 14.7 Å². The number of Topliss-reactive ketones (excluding diaryl/α,β-unsaturated/α-hetero) is 1. The molecule has 2 fully saturated rings. The van der Waals surface area contributed by atoms with Crippen LogP contribution in [0.2, 0.25) is 10.0 Å². The molecule has 2 saturated heterocycles. The monoisotopic (exact) mass is 1770 g/mol. The molecule has 0 spiro atoms. The van der Waals surface area contributed by atoms with Gasteiger partial charge in [-0.15, -0.1) is 0 Å². The van der Waals surface area contributed by atoms with Gasteiger partial charge >= 0.3 is 0 Å². The fourth-order valence-electron chi connectivity index (χ4n) is 12.9. The Morgan fingerprint density at radius 2 is 1.04 bits per heavy atom. The Balaban J connectivity index is 0.000000697. The Hall–Kier alpha value is -6.35. The van der Waals surface area contributed by atoms with Crippen molar-refractivity contribution in [2.45, 2.75) is 322 Å². The first-order chi connectivity index (χ1) is 59.2. The molecule has 10 N–H and O–H groups in total. The summed E-state index contributed by atoms with van der Waals surface area (Å²) in [5, 5.41) is 43.2. The van der Waals surface area contributed by atoms with Crippen LogP contribution in [-0.4, -0.2) is 198 Å². The van der Waals surface area contributed by atoms with E-state index in [0.29, 0.717) is 91.6 Å². The van der Waals surface area contributed by atoms with E-state index in [0.717, 1.165) is 136 Å². The number of hydrogen-bond acceptors (Lipinski definition) is 18. The van der Waals surface area contributed by atoms with Gasteiger partial charge in [0.15, 0.2) is 17.3 Å². The fraction of sp³-hybridized carbons (Fsp3) is 0.629. The number of nitrogens with one attached hydrogen (secondary N) is 10. The molecule has 0 aliphatic carbocycles. The predicted molar refractivity (Wildman–Crippen MR) is 543 cm³/mol. The number of nitrogens with zero attached hydrogens (tertiary/aromatic N) is 4. The van der Waals surface area contributed by atoms with Gasteiger partial charge in [0, 0.05) is 176 Å². The molecule has 4 aliphatic rings. The van der Waals surface area contributed by atoms with Crippen LogP contribution in [0.5, 0.6) is 11.5 Å². The van der Waals surface area contributed by atoms with Crippen molar-refractivity contribution in [2.75, 3.05) is 110 Å². The van der Waals surface area contributed by atoms with E-state index in [1.165, 1.54) is 80.6 Å². The number of nitriles is 1. The molecule has 1 unspecified atom stereocenters. The minimum absolute atomic E-state index is 0.0593. The lowest BCUT2D eigenvalue weighted by atomic mass is 10.0. The second-order valence-electron chi connectivity index (χ2n) is 37.6. The summed E-state index contributed by atoms with van der Waals surface area (Å²) in [5.41, 5.74) is 9.82. The first-order valence-corrected chi connectivity index (χ1v) is 48.0. The first-order valence-electron chi connectivity index (χ1n) is 47.2. The second kappa shape index (κ2) is 70.5. The van der Waals surface area contributed by atoms with Crippen molar-refractivity contribution in [3.8, 4) is 17.6 Å². The van der Waals surface area contributed by atoms with Crippen LogP contribution < -0.4 is 62.6 Å². The molecule has 0 radical (unpaired) electrons. The van der Waals surface area contributed by atoms with E-state index in [2.05, 4.69) is 319 Å². The van der Waals surface area contributed by atoms with Gasteiger partial charge in [-0.05, 0) is 205 Å². The van der Waals surface area contributed by atoms with Crippen LogP contribution in [0.25, 0.3) is 0 Å². The van der Waals surface area contributed by atoms with Crippen LogP contribution in [0, 0.1) is 17.2 Å². The van der Waals surface area contributed by atoms with Crippen molar-refractivity contribution in [3.05, 3.63) is 190 Å². The lowest BCUT2D eigenvalue weighted by Crippen LogP contribution is -2.42. The maximum Gasteiger partial charge on any atom is 0.176 e. The van der Waals surface area contributed by atoms with Gasteiger partial charge < -0.3 is 72.3 Å². The summed E-state index contributed by atoms with van der Waals surface area (Å²) in [6, 6.07) is 58.2. The van der Waals surface area contributed by atoms with Crippen LogP contribution >= 0.6 is 23.2 Å². The van der Waals surface area contributed by atoms with Crippen LogP contribution in [0.15, 0.2) is 157 Å². The Labute approximate surface area is 773 Å². The number of benzene rings is 6. The third-order valence-corrected chi connectivity index (χ3v) is 20.0. The summed E-state index contributed by atoms with van der Waals surface area (Å²) < 4.78 is 16.3. The number of likely N-dealkylation sites (tertiary alicyclic amines) is 1. The van der Waals surface area contributed by atoms with Gasteiger partial charge in [0.05, 0.1) is 24.9 Å². The molecule has 4 aliphatic heterocycles. The number of fused-ring (bicyclic) bond motifs is 2. The SMILES string of the molecule is CC(C)(C)NCCC#N.CC(C)(C)Nc1ccc2c(c1)OCCO2.CC(C)NCC(=O)c1ccccc1.CC(C)NCC1CCCOC1.CC(C)NCCC1=Nc2ccccc2C1.CC(C)NCCCc1ccccc1.CC(C)NCCN(C(C)C)C(C)C.CC(C)NCCN1CCCC1.CC(C)NCCc1ccc(Cl)cc1Cl.CC(C)NCc1ccccc1. The fourth-order valence-corrected chi connectivity index (χ4v) is 13.4. The molecule has 10 rings (SSSR count). The molecule has 0 saturated carbocycles. The highest BCUT2D eigenvalue weighted by atomic mass is 35.5. The normalized spacial score (nSPS) is 13.9. The van der Waals surface area contributed by atoms with Crippen LogP contribution in [0.1, 0.15) is 258 Å². The maximum atomic E-state index is 11.5. The minimum atomic E-state index is 0.0593. The third-order valence-electron chi connectivity index (χ3n) is 19.4. The Morgan fingerprint density at radius 1 is 0.520 bits per heavy atom. The first kappa shape index (κ1) is 117. The number of aliphatic imine (C=N–C) groups is 1. The Bertz CT molecular complexity index is 3650. The van der Waals surface area contributed by atoms with E-state index >= 15 is 0 Å². The maximum absolute atomic E-state index is 11.5. The number of carbonyl (C=O) groups excluding carboxylic acids is 1. The topological polar surface area (TPSA) is 208 Å². The highest BCUT2D eigenvalue weighted by molar-refractivity contribution is 6.35. The zero-order chi connectivity index (χ0) is 93.4. The van der Waals surface area contributed by atoms with E-state index in [-0.39, 0.29) is 16.9 Å². The lowest BCUT2D eigenvalue weighted by molar-refractivity contribution is 0.0542. The molecule has 125 heavy (non-hydrogen) atoms. The van der Waals surface area contributed by atoms with Gasteiger partial charge in [0.1, 0.15) is 13.2 Å². The van der Waals surface area contributed by atoms with E-state index in [9.17, 15) is 4.79 Å².